The van der Waals surface area contributed by atoms with Gasteiger partial charge in [-0.3, -0.25) is 0 Å². The third-order valence-corrected chi connectivity index (χ3v) is 3.87. The molecule has 120 valence electrons. The van der Waals surface area contributed by atoms with E-state index in [-0.39, 0.29) is 12.1 Å². The summed E-state index contributed by atoms with van der Waals surface area (Å²) >= 11 is 0. The highest BCUT2D eigenvalue weighted by molar-refractivity contribution is 8.45. The number of hydrogen-bond acceptors (Lipinski definition) is 1. The molecule has 10 heteroatoms. The number of hydrogen-bond donors (Lipinski definition) is 0. The topological polar surface area (TPSA) is 9.23 Å². The number of rotatable bonds is 1. The van der Waals surface area contributed by atoms with Gasteiger partial charge in [0.25, 0.3) is 0 Å². The average molecular weight is 340 g/mol. The van der Waals surface area contributed by atoms with Crippen molar-refractivity contribution < 1.29 is 37.3 Å². The molecule has 1 aliphatic heterocycles. The molecule has 1 atom stereocenters. The van der Waals surface area contributed by atoms with Gasteiger partial charge in [-0.1, -0.05) is 25.5 Å². The van der Waals surface area contributed by atoms with E-state index in [4.69, 9.17) is 0 Å². The van der Waals surface area contributed by atoms with E-state index in [1.807, 2.05) is 0 Å². The third-order valence-electron chi connectivity index (χ3n) is 2.74. The fourth-order valence-electron chi connectivity index (χ4n) is 1.81. The summed E-state index contributed by atoms with van der Waals surface area (Å²) in [7, 11) is -9.90. The summed E-state index contributed by atoms with van der Waals surface area (Å²) in [6.07, 6.45) is -5.91. The second-order valence-electron chi connectivity index (χ2n) is 4.57. The van der Waals surface area contributed by atoms with Crippen LogP contribution in [0, 0.1) is 6.92 Å². The molecule has 0 bridgehead atoms. The Morgan fingerprint density at radius 3 is 2.10 bits per heavy atom. The molecule has 0 amide bonds. The zero-order valence-corrected chi connectivity index (χ0v) is 11.0. The van der Waals surface area contributed by atoms with Gasteiger partial charge in [0.05, 0.1) is 0 Å². The van der Waals surface area contributed by atoms with Crippen LogP contribution in [0.1, 0.15) is 11.1 Å². The molecule has 0 saturated heterocycles. The lowest BCUT2D eigenvalue weighted by molar-refractivity contribution is -0.180. The highest BCUT2D eigenvalue weighted by Crippen LogP contribution is 3.02. The van der Waals surface area contributed by atoms with E-state index in [1.54, 1.807) is 0 Å². The Labute approximate surface area is 113 Å². The summed E-state index contributed by atoms with van der Waals surface area (Å²) in [5.41, 5.74) is -0.923. The number of fused-ring (bicyclic) bond motifs is 1. The summed E-state index contributed by atoms with van der Waals surface area (Å²) in [6.45, 7) is 0.971. The van der Waals surface area contributed by atoms with Gasteiger partial charge in [0.15, 0.2) is 0 Å². The lowest BCUT2D eigenvalue weighted by atomic mass is 10.1. The van der Waals surface area contributed by atoms with Crippen molar-refractivity contribution in [2.75, 3.05) is 0 Å². The SMILES string of the molecule is Cc1cc(S(F)(F)(F)(F)F)cc2c1OC(C(F)(F)F)C=C2. The van der Waals surface area contributed by atoms with Crippen molar-refractivity contribution >= 4 is 16.3 Å². The number of halogens is 8. The van der Waals surface area contributed by atoms with Crippen LogP contribution in [-0.4, -0.2) is 12.3 Å². The van der Waals surface area contributed by atoms with Crippen LogP contribution < -0.4 is 4.74 Å². The number of alkyl halides is 3. The lowest BCUT2D eigenvalue weighted by Crippen LogP contribution is -2.34. The van der Waals surface area contributed by atoms with Crippen molar-refractivity contribution in [1.82, 2.24) is 0 Å². The van der Waals surface area contributed by atoms with Gasteiger partial charge in [0.2, 0.25) is 6.10 Å². The summed E-state index contributed by atoms with van der Waals surface area (Å²) in [6, 6.07) is 0.181. The Kier molecular flexibility index (Phi) is 2.77. The monoisotopic (exact) mass is 340 g/mol. The molecule has 1 aromatic rings. The molecule has 0 radical (unpaired) electrons. The molecule has 0 saturated carbocycles. The van der Waals surface area contributed by atoms with Crippen molar-refractivity contribution in [3.05, 3.63) is 29.3 Å². The molecule has 1 unspecified atom stereocenters. The second kappa shape index (κ2) is 3.65. The molecular weight excluding hydrogens is 332 g/mol. The van der Waals surface area contributed by atoms with Crippen LogP contribution >= 0.6 is 10.2 Å². The predicted octanol–water partition coefficient (Wildman–Crippen LogP) is 5.99. The van der Waals surface area contributed by atoms with Gasteiger partial charge >= 0.3 is 16.4 Å². The first-order valence-electron chi connectivity index (χ1n) is 5.38. The molecule has 0 fully saturated rings. The fourth-order valence-corrected chi connectivity index (χ4v) is 2.56. The molecule has 1 aromatic carbocycles. The van der Waals surface area contributed by atoms with Gasteiger partial charge in [0, 0.05) is 5.56 Å². The van der Waals surface area contributed by atoms with Crippen molar-refractivity contribution in [1.29, 1.82) is 0 Å². The van der Waals surface area contributed by atoms with E-state index < -0.39 is 44.3 Å². The smallest absolute Gasteiger partial charge is 0.429 e. The van der Waals surface area contributed by atoms with Crippen LogP contribution in [0.2, 0.25) is 0 Å². The summed E-state index contributed by atoms with van der Waals surface area (Å²) < 4.78 is 106. The van der Waals surface area contributed by atoms with E-state index >= 15 is 0 Å². The van der Waals surface area contributed by atoms with Crippen LogP contribution in [0.3, 0.4) is 0 Å². The summed E-state index contributed by atoms with van der Waals surface area (Å²) in [5.74, 6) is -0.495. The van der Waals surface area contributed by atoms with Crippen molar-refractivity contribution in [3.8, 4) is 5.75 Å². The Balaban J connectivity index is 2.56. The lowest BCUT2D eigenvalue weighted by Gasteiger charge is -2.41. The molecule has 1 aliphatic rings. The normalized spacial score (nSPS) is 22.0. The van der Waals surface area contributed by atoms with E-state index in [0.29, 0.717) is 12.2 Å². The Morgan fingerprint density at radius 2 is 1.62 bits per heavy atom. The highest BCUT2D eigenvalue weighted by atomic mass is 32.5. The minimum Gasteiger partial charge on any atom is -0.476 e. The number of ether oxygens (including phenoxy) is 1. The molecule has 0 spiro atoms. The maximum atomic E-state index is 12.7. The number of benzene rings is 1. The van der Waals surface area contributed by atoms with Crippen molar-refractivity contribution in [2.24, 2.45) is 0 Å². The minimum atomic E-state index is -9.90. The van der Waals surface area contributed by atoms with E-state index in [1.165, 1.54) is 0 Å². The first-order valence-corrected chi connectivity index (χ1v) is 7.33. The second-order valence-corrected chi connectivity index (χ2v) is 6.98. The zero-order chi connectivity index (χ0) is 16.3. The van der Waals surface area contributed by atoms with E-state index in [0.717, 1.165) is 6.92 Å². The maximum Gasteiger partial charge on any atom is 0.429 e. The summed E-state index contributed by atoms with van der Waals surface area (Å²) in [5, 5.41) is 0. The zero-order valence-electron chi connectivity index (χ0n) is 10.2. The van der Waals surface area contributed by atoms with Gasteiger partial charge in [-0.15, -0.1) is 0 Å². The molecule has 0 aromatic heterocycles. The van der Waals surface area contributed by atoms with Crippen LogP contribution in [0.15, 0.2) is 23.1 Å². The molecule has 1 nitrogen and oxygen atoms in total. The number of aryl methyl sites for hydroxylation is 1. The van der Waals surface area contributed by atoms with Crippen LogP contribution in [-0.2, 0) is 0 Å². The van der Waals surface area contributed by atoms with Crippen LogP contribution in [0.4, 0.5) is 32.6 Å². The van der Waals surface area contributed by atoms with Gasteiger partial charge < -0.3 is 4.74 Å². The molecule has 2 rings (SSSR count). The Hall–Kier alpha value is -1.45. The average Bonchev–Trinajstić information content (AvgIpc) is 2.24. The third kappa shape index (κ3) is 3.25. The standard InChI is InChI=1S/C11H8F8OS/c1-6-4-8(21(15,16,17,18)19)5-7-2-3-9(11(12,13)14)20-10(6)7/h2-5,9H,1H3. The van der Waals surface area contributed by atoms with Gasteiger partial charge in [-0.2, -0.15) is 13.2 Å². The maximum absolute atomic E-state index is 12.7. The fraction of sp³-hybridized carbons (Fsp3) is 0.273. The quantitative estimate of drug-likeness (QED) is 0.571. The van der Waals surface area contributed by atoms with Crippen LogP contribution in [0.5, 0.6) is 5.75 Å². The van der Waals surface area contributed by atoms with Gasteiger partial charge in [-0.25, -0.2) is 0 Å². The molecule has 0 aliphatic carbocycles. The Morgan fingerprint density at radius 1 is 1.05 bits per heavy atom. The molecule has 0 N–H and O–H groups in total. The highest BCUT2D eigenvalue weighted by Gasteiger charge is 2.65. The van der Waals surface area contributed by atoms with E-state index in [2.05, 4.69) is 4.74 Å². The summed E-state index contributed by atoms with van der Waals surface area (Å²) in [4.78, 5) is -2.16. The van der Waals surface area contributed by atoms with Crippen molar-refractivity contribution in [3.63, 3.8) is 0 Å². The van der Waals surface area contributed by atoms with Crippen LogP contribution in [0.25, 0.3) is 6.08 Å². The largest absolute Gasteiger partial charge is 0.476 e. The van der Waals surface area contributed by atoms with Crippen molar-refractivity contribution in [2.45, 2.75) is 24.1 Å². The van der Waals surface area contributed by atoms with E-state index in [9.17, 15) is 32.6 Å². The van der Waals surface area contributed by atoms with Gasteiger partial charge in [0.1, 0.15) is 10.6 Å². The molecule has 21 heavy (non-hydrogen) atoms. The first kappa shape index (κ1) is 15.9. The Bertz CT molecular complexity index is 628. The molecular formula is C11H8F8OS. The first-order chi connectivity index (χ1) is 9.08. The minimum absolute atomic E-state index is 0.0903. The van der Waals surface area contributed by atoms with Gasteiger partial charge in [-0.05, 0) is 30.7 Å². The predicted molar refractivity (Wildman–Crippen MR) is 62.1 cm³/mol. The molecule has 1 heterocycles.